The SMILES string of the molecule is N#CC1CN([C@@H]2CNC[C@H]2O)CCO1. The summed E-state index contributed by atoms with van der Waals surface area (Å²) in [5.74, 6) is 0. The molecule has 2 fully saturated rings. The molecule has 0 spiro atoms. The van der Waals surface area contributed by atoms with Crippen molar-refractivity contribution in [3.05, 3.63) is 0 Å². The van der Waals surface area contributed by atoms with Gasteiger partial charge in [-0.25, -0.2) is 0 Å². The first-order valence-electron chi connectivity index (χ1n) is 4.95. The number of hydrogen-bond acceptors (Lipinski definition) is 5. The van der Waals surface area contributed by atoms with Crippen molar-refractivity contribution >= 4 is 0 Å². The number of ether oxygens (including phenoxy) is 1. The first-order chi connectivity index (χ1) is 6.81. The standard InChI is InChI=1S/C9H15N3O2/c10-3-7-6-12(1-2-14-7)8-4-11-5-9(8)13/h7-9,11,13H,1-2,4-6H2/t7?,8-,9-/m1/s1. The van der Waals surface area contributed by atoms with Crippen LogP contribution in [-0.2, 0) is 4.74 Å². The van der Waals surface area contributed by atoms with E-state index in [0.717, 1.165) is 13.1 Å². The molecule has 2 rings (SSSR count). The van der Waals surface area contributed by atoms with Crippen LogP contribution >= 0.6 is 0 Å². The van der Waals surface area contributed by atoms with E-state index < -0.39 is 0 Å². The van der Waals surface area contributed by atoms with Gasteiger partial charge in [0.1, 0.15) is 0 Å². The Morgan fingerprint density at radius 2 is 2.36 bits per heavy atom. The highest BCUT2D eigenvalue weighted by molar-refractivity contribution is 4.95. The van der Waals surface area contributed by atoms with Gasteiger partial charge < -0.3 is 15.2 Å². The van der Waals surface area contributed by atoms with Gasteiger partial charge in [0.05, 0.1) is 18.8 Å². The maximum Gasteiger partial charge on any atom is 0.156 e. The number of rotatable bonds is 1. The summed E-state index contributed by atoms with van der Waals surface area (Å²) < 4.78 is 5.25. The molecule has 0 aromatic carbocycles. The van der Waals surface area contributed by atoms with Crippen molar-refractivity contribution in [1.29, 1.82) is 5.26 Å². The first kappa shape index (κ1) is 9.87. The Kier molecular flexibility index (Phi) is 2.99. The molecule has 0 aliphatic carbocycles. The predicted molar refractivity (Wildman–Crippen MR) is 49.6 cm³/mol. The van der Waals surface area contributed by atoms with Crippen molar-refractivity contribution in [3.8, 4) is 6.07 Å². The predicted octanol–water partition coefficient (Wildman–Crippen LogP) is -1.46. The van der Waals surface area contributed by atoms with Gasteiger partial charge in [-0.15, -0.1) is 0 Å². The van der Waals surface area contributed by atoms with E-state index in [-0.39, 0.29) is 18.2 Å². The van der Waals surface area contributed by atoms with Crippen LogP contribution in [0.2, 0.25) is 0 Å². The van der Waals surface area contributed by atoms with Crippen LogP contribution in [-0.4, -0.2) is 61.0 Å². The number of aliphatic hydroxyl groups is 1. The van der Waals surface area contributed by atoms with E-state index in [1.807, 2.05) is 0 Å². The third-order valence-electron chi connectivity index (χ3n) is 2.86. The van der Waals surface area contributed by atoms with Crippen molar-refractivity contribution in [3.63, 3.8) is 0 Å². The third-order valence-corrected chi connectivity index (χ3v) is 2.86. The minimum atomic E-state index is -0.337. The molecular weight excluding hydrogens is 182 g/mol. The first-order valence-corrected chi connectivity index (χ1v) is 4.95. The maximum atomic E-state index is 9.67. The summed E-state index contributed by atoms with van der Waals surface area (Å²) in [6.45, 7) is 3.46. The smallest absolute Gasteiger partial charge is 0.156 e. The summed E-state index contributed by atoms with van der Waals surface area (Å²) >= 11 is 0. The van der Waals surface area contributed by atoms with Crippen LogP contribution in [0.1, 0.15) is 0 Å². The molecule has 0 aromatic heterocycles. The zero-order valence-electron chi connectivity index (χ0n) is 8.02. The van der Waals surface area contributed by atoms with Crippen LogP contribution in [0.3, 0.4) is 0 Å². The minimum Gasteiger partial charge on any atom is -0.390 e. The normalized spacial score (nSPS) is 39.6. The molecule has 3 atom stereocenters. The Labute approximate surface area is 83.3 Å². The molecule has 2 aliphatic heterocycles. The van der Waals surface area contributed by atoms with Gasteiger partial charge in [-0.05, 0) is 0 Å². The molecule has 0 bridgehead atoms. The minimum absolute atomic E-state index is 0.148. The van der Waals surface area contributed by atoms with Crippen molar-refractivity contribution in [2.24, 2.45) is 0 Å². The lowest BCUT2D eigenvalue weighted by Gasteiger charge is -2.35. The molecule has 0 aromatic rings. The highest BCUT2D eigenvalue weighted by atomic mass is 16.5. The summed E-state index contributed by atoms with van der Waals surface area (Å²) in [6, 6.07) is 2.25. The van der Waals surface area contributed by atoms with E-state index in [1.165, 1.54) is 0 Å². The fraction of sp³-hybridized carbons (Fsp3) is 0.889. The number of nitrogens with zero attached hydrogens (tertiary/aromatic N) is 2. The average Bonchev–Trinajstić information content (AvgIpc) is 2.65. The van der Waals surface area contributed by atoms with E-state index in [4.69, 9.17) is 10.00 Å². The number of nitrogens with one attached hydrogen (secondary N) is 1. The van der Waals surface area contributed by atoms with E-state index in [0.29, 0.717) is 19.7 Å². The fourth-order valence-electron chi connectivity index (χ4n) is 2.07. The van der Waals surface area contributed by atoms with E-state index in [1.54, 1.807) is 0 Å². The Balaban J connectivity index is 1.94. The van der Waals surface area contributed by atoms with Crippen LogP contribution in [0, 0.1) is 11.3 Å². The second-order valence-electron chi connectivity index (χ2n) is 3.78. The van der Waals surface area contributed by atoms with Crippen molar-refractivity contribution in [1.82, 2.24) is 10.2 Å². The third kappa shape index (κ3) is 1.88. The van der Waals surface area contributed by atoms with Crippen molar-refractivity contribution in [2.75, 3.05) is 32.8 Å². The molecule has 2 N–H and O–H groups in total. The highest BCUT2D eigenvalue weighted by Gasteiger charge is 2.33. The summed E-state index contributed by atoms with van der Waals surface area (Å²) in [5.41, 5.74) is 0. The Morgan fingerprint density at radius 1 is 1.50 bits per heavy atom. The molecule has 0 amide bonds. The van der Waals surface area contributed by atoms with Crippen LogP contribution in [0.5, 0.6) is 0 Å². The van der Waals surface area contributed by atoms with E-state index in [9.17, 15) is 5.11 Å². The van der Waals surface area contributed by atoms with Crippen LogP contribution in [0.25, 0.3) is 0 Å². The average molecular weight is 197 g/mol. The van der Waals surface area contributed by atoms with Gasteiger partial charge in [0.2, 0.25) is 0 Å². The zero-order valence-corrected chi connectivity index (χ0v) is 8.02. The molecule has 1 unspecified atom stereocenters. The van der Waals surface area contributed by atoms with Gasteiger partial charge in [0.15, 0.2) is 6.10 Å². The largest absolute Gasteiger partial charge is 0.390 e. The van der Waals surface area contributed by atoms with E-state index in [2.05, 4.69) is 16.3 Å². The zero-order chi connectivity index (χ0) is 9.97. The Morgan fingerprint density at radius 3 is 3.00 bits per heavy atom. The summed E-state index contributed by atoms with van der Waals surface area (Å²) in [5, 5.41) is 21.5. The van der Waals surface area contributed by atoms with Gasteiger partial charge in [-0.1, -0.05) is 0 Å². The van der Waals surface area contributed by atoms with Crippen molar-refractivity contribution in [2.45, 2.75) is 18.2 Å². The quantitative estimate of drug-likeness (QED) is 0.538. The highest BCUT2D eigenvalue weighted by Crippen LogP contribution is 2.13. The molecule has 2 saturated heterocycles. The Hall–Kier alpha value is -0.670. The number of hydrogen-bond donors (Lipinski definition) is 2. The lowest BCUT2D eigenvalue weighted by Crippen LogP contribution is -2.51. The molecule has 0 saturated carbocycles. The lowest BCUT2D eigenvalue weighted by molar-refractivity contribution is -0.0328. The van der Waals surface area contributed by atoms with Gasteiger partial charge in [0, 0.05) is 32.2 Å². The Bertz CT molecular complexity index is 241. The van der Waals surface area contributed by atoms with Gasteiger partial charge in [-0.3, -0.25) is 4.90 Å². The topological polar surface area (TPSA) is 68.5 Å². The van der Waals surface area contributed by atoms with Gasteiger partial charge in [0.25, 0.3) is 0 Å². The second-order valence-corrected chi connectivity index (χ2v) is 3.78. The van der Waals surface area contributed by atoms with Crippen LogP contribution in [0.15, 0.2) is 0 Å². The number of aliphatic hydroxyl groups excluding tert-OH is 1. The molecule has 2 heterocycles. The number of morpholine rings is 1. The van der Waals surface area contributed by atoms with Crippen LogP contribution < -0.4 is 5.32 Å². The van der Waals surface area contributed by atoms with Gasteiger partial charge in [-0.2, -0.15) is 5.26 Å². The van der Waals surface area contributed by atoms with Gasteiger partial charge >= 0.3 is 0 Å². The summed E-state index contributed by atoms with van der Waals surface area (Å²) in [7, 11) is 0. The van der Waals surface area contributed by atoms with Crippen LogP contribution in [0.4, 0.5) is 0 Å². The molecule has 78 valence electrons. The molecule has 2 aliphatic rings. The summed E-state index contributed by atoms with van der Waals surface area (Å²) in [6.07, 6.45) is -0.649. The molecule has 5 heteroatoms. The molecule has 0 radical (unpaired) electrons. The summed E-state index contributed by atoms with van der Waals surface area (Å²) in [4.78, 5) is 2.14. The van der Waals surface area contributed by atoms with E-state index >= 15 is 0 Å². The lowest BCUT2D eigenvalue weighted by atomic mass is 10.1. The number of nitriles is 1. The second kappa shape index (κ2) is 4.24. The fourth-order valence-corrected chi connectivity index (χ4v) is 2.07. The molecule has 5 nitrogen and oxygen atoms in total. The van der Waals surface area contributed by atoms with Crippen molar-refractivity contribution < 1.29 is 9.84 Å². The molecular formula is C9H15N3O2. The maximum absolute atomic E-state index is 9.67. The number of β-amino-alcohol motifs (C(OH)–C–C–N with tert-alkyl or cyclic N) is 1. The monoisotopic (exact) mass is 197 g/mol. The molecule has 14 heavy (non-hydrogen) atoms.